The Labute approximate surface area is 125 Å². The fourth-order valence-corrected chi connectivity index (χ4v) is 1.77. The van der Waals surface area contributed by atoms with Crippen molar-refractivity contribution in [2.24, 2.45) is 0 Å². The van der Waals surface area contributed by atoms with E-state index >= 15 is 0 Å². The van der Waals surface area contributed by atoms with Gasteiger partial charge in [0, 0.05) is 12.1 Å². The molecule has 1 aromatic heterocycles. The molecule has 0 unspecified atom stereocenters. The van der Waals surface area contributed by atoms with E-state index in [-0.39, 0.29) is 21.7 Å². The van der Waals surface area contributed by atoms with Crippen LogP contribution in [-0.4, -0.2) is 21.0 Å². The van der Waals surface area contributed by atoms with Gasteiger partial charge >= 0.3 is 11.7 Å². The fraction of sp³-hybridized carbons (Fsp3) is 0. The number of halogens is 2. The van der Waals surface area contributed by atoms with Crippen LogP contribution in [0.5, 0.6) is 11.5 Å². The van der Waals surface area contributed by atoms with Crippen molar-refractivity contribution in [2.45, 2.75) is 0 Å². The number of carboxylic acid groups (broad SMARTS) is 1. The number of nitro benzene ring substituents is 1. The van der Waals surface area contributed by atoms with Gasteiger partial charge in [-0.25, -0.2) is 14.2 Å². The lowest BCUT2D eigenvalue weighted by molar-refractivity contribution is -0.385. The first-order chi connectivity index (χ1) is 9.88. The average Bonchev–Trinajstić information content (AvgIpc) is 2.43. The van der Waals surface area contributed by atoms with Gasteiger partial charge in [-0.3, -0.25) is 10.1 Å². The van der Waals surface area contributed by atoms with Crippen molar-refractivity contribution in [3.63, 3.8) is 0 Å². The molecule has 0 saturated heterocycles. The quantitative estimate of drug-likeness (QED) is 0.665. The van der Waals surface area contributed by atoms with E-state index in [0.29, 0.717) is 0 Å². The predicted molar refractivity (Wildman–Crippen MR) is 72.0 cm³/mol. The van der Waals surface area contributed by atoms with Gasteiger partial charge < -0.3 is 9.84 Å². The molecule has 9 heteroatoms. The standard InChI is InChI=1S/C12H6BrFN2O5/c13-7-3-10(16(19)20)11(4-8(7)14)21-6-1-2-9(12(17)18)15-5-6/h1-5H,(H,17,18). The van der Waals surface area contributed by atoms with E-state index in [0.717, 1.165) is 18.3 Å². The summed E-state index contributed by atoms with van der Waals surface area (Å²) in [5.41, 5.74) is -0.649. The normalized spacial score (nSPS) is 10.2. The van der Waals surface area contributed by atoms with Crippen LogP contribution in [-0.2, 0) is 0 Å². The summed E-state index contributed by atoms with van der Waals surface area (Å²) < 4.78 is 18.6. The summed E-state index contributed by atoms with van der Waals surface area (Å²) in [6.45, 7) is 0. The number of hydrogen-bond donors (Lipinski definition) is 1. The first-order valence-corrected chi connectivity index (χ1v) is 6.18. The molecule has 0 fully saturated rings. The Morgan fingerprint density at radius 3 is 2.67 bits per heavy atom. The molecule has 108 valence electrons. The number of aromatic carboxylic acids is 1. The van der Waals surface area contributed by atoms with Gasteiger partial charge in [0.1, 0.15) is 17.3 Å². The number of carboxylic acids is 1. The molecule has 0 amide bonds. The second-order valence-electron chi connectivity index (χ2n) is 3.78. The zero-order valence-corrected chi connectivity index (χ0v) is 11.7. The number of nitro groups is 1. The summed E-state index contributed by atoms with van der Waals surface area (Å²) in [4.78, 5) is 24.4. The van der Waals surface area contributed by atoms with Gasteiger partial charge in [-0.05, 0) is 28.1 Å². The van der Waals surface area contributed by atoms with Crippen molar-refractivity contribution in [2.75, 3.05) is 0 Å². The van der Waals surface area contributed by atoms with Crippen LogP contribution < -0.4 is 4.74 Å². The lowest BCUT2D eigenvalue weighted by Crippen LogP contribution is -2.00. The number of aromatic nitrogens is 1. The van der Waals surface area contributed by atoms with Gasteiger partial charge in [-0.2, -0.15) is 0 Å². The highest BCUT2D eigenvalue weighted by Gasteiger charge is 2.20. The van der Waals surface area contributed by atoms with Gasteiger partial charge in [-0.15, -0.1) is 0 Å². The number of hydrogen-bond acceptors (Lipinski definition) is 5. The zero-order chi connectivity index (χ0) is 15.6. The van der Waals surface area contributed by atoms with Gasteiger partial charge in [0.25, 0.3) is 0 Å². The molecule has 2 rings (SSSR count). The maximum Gasteiger partial charge on any atom is 0.354 e. The SMILES string of the molecule is O=C(O)c1ccc(Oc2cc(F)c(Br)cc2[N+](=O)[O-])cn1. The minimum atomic E-state index is -1.22. The smallest absolute Gasteiger partial charge is 0.354 e. The second kappa shape index (κ2) is 5.83. The summed E-state index contributed by atoms with van der Waals surface area (Å²) in [7, 11) is 0. The van der Waals surface area contributed by atoms with Gasteiger partial charge in [0.2, 0.25) is 5.75 Å². The van der Waals surface area contributed by atoms with Crippen LogP contribution in [0.15, 0.2) is 34.9 Å². The van der Waals surface area contributed by atoms with E-state index in [1.807, 2.05) is 0 Å². The molecule has 1 aromatic carbocycles. The highest BCUT2D eigenvalue weighted by atomic mass is 79.9. The third-order valence-corrected chi connectivity index (χ3v) is 2.99. The molecule has 0 aliphatic heterocycles. The van der Waals surface area contributed by atoms with E-state index in [4.69, 9.17) is 9.84 Å². The molecule has 0 saturated carbocycles. The largest absolute Gasteiger partial charge is 0.477 e. The van der Waals surface area contributed by atoms with Gasteiger partial charge in [-0.1, -0.05) is 0 Å². The van der Waals surface area contributed by atoms with Crippen LogP contribution >= 0.6 is 15.9 Å². The Kier molecular flexibility index (Phi) is 4.13. The molecular formula is C12H6BrFN2O5. The first-order valence-electron chi connectivity index (χ1n) is 5.39. The number of rotatable bonds is 4. The van der Waals surface area contributed by atoms with E-state index in [1.54, 1.807) is 0 Å². The van der Waals surface area contributed by atoms with E-state index in [1.165, 1.54) is 12.1 Å². The van der Waals surface area contributed by atoms with E-state index in [2.05, 4.69) is 20.9 Å². The molecule has 21 heavy (non-hydrogen) atoms. The molecule has 1 N–H and O–H groups in total. The molecule has 0 atom stereocenters. The number of pyridine rings is 1. The van der Waals surface area contributed by atoms with Crippen molar-refractivity contribution in [1.29, 1.82) is 0 Å². The van der Waals surface area contributed by atoms with E-state index < -0.39 is 22.4 Å². The third-order valence-electron chi connectivity index (χ3n) is 2.38. The first kappa shape index (κ1) is 14.9. The monoisotopic (exact) mass is 356 g/mol. The minimum absolute atomic E-state index is 0.0461. The molecule has 0 aliphatic carbocycles. The van der Waals surface area contributed by atoms with Crippen LogP contribution in [0.1, 0.15) is 10.5 Å². The fourth-order valence-electron chi connectivity index (χ4n) is 1.44. The van der Waals surface area contributed by atoms with Crippen LogP contribution in [0.2, 0.25) is 0 Å². The summed E-state index contributed by atoms with van der Waals surface area (Å²) in [6, 6.07) is 4.26. The number of ether oxygens (including phenoxy) is 1. The topological polar surface area (TPSA) is 103 Å². The molecule has 0 spiro atoms. The maximum atomic E-state index is 13.5. The van der Waals surface area contributed by atoms with Crippen LogP contribution in [0.25, 0.3) is 0 Å². The predicted octanol–water partition coefficient (Wildman–Crippen LogP) is 3.38. The minimum Gasteiger partial charge on any atom is -0.477 e. The molecule has 0 bridgehead atoms. The Morgan fingerprint density at radius 2 is 2.14 bits per heavy atom. The van der Waals surface area contributed by atoms with Crippen molar-refractivity contribution in [3.8, 4) is 11.5 Å². The summed E-state index contributed by atoms with van der Waals surface area (Å²) >= 11 is 2.85. The Balaban J connectivity index is 2.36. The second-order valence-corrected chi connectivity index (χ2v) is 4.63. The van der Waals surface area contributed by atoms with Crippen LogP contribution in [0.3, 0.4) is 0 Å². The number of nitrogens with zero attached hydrogens (tertiary/aromatic N) is 2. The number of benzene rings is 1. The lowest BCUT2D eigenvalue weighted by atomic mass is 10.3. The Morgan fingerprint density at radius 1 is 1.43 bits per heavy atom. The maximum absolute atomic E-state index is 13.5. The summed E-state index contributed by atoms with van der Waals surface area (Å²) in [5.74, 6) is -2.22. The zero-order valence-electron chi connectivity index (χ0n) is 10.1. The van der Waals surface area contributed by atoms with Crippen LogP contribution in [0, 0.1) is 15.9 Å². The van der Waals surface area contributed by atoms with Crippen molar-refractivity contribution >= 4 is 27.6 Å². The van der Waals surface area contributed by atoms with Crippen molar-refractivity contribution < 1.29 is 24.0 Å². The van der Waals surface area contributed by atoms with Crippen molar-refractivity contribution in [1.82, 2.24) is 4.98 Å². The summed E-state index contributed by atoms with van der Waals surface area (Å²) in [5, 5.41) is 19.6. The molecule has 0 radical (unpaired) electrons. The average molecular weight is 357 g/mol. The molecule has 0 aliphatic rings. The van der Waals surface area contributed by atoms with Gasteiger partial charge in [0.05, 0.1) is 15.6 Å². The molecular weight excluding hydrogens is 351 g/mol. The summed E-state index contributed by atoms with van der Waals surface area (Å²) in [6.07, 6.45) is 1.08. The molecule has 2 aromatic rings. The molecule has 7 nitrogen and oxygen atoms in total. The Hall–Kier alpha value is -2.55. The van der Waals surface area contributed by atoms with E-state index in [9.17, 15) is 19.3 Å². The molecule has 1 heterocycles. The number of carbonyl (C=O) groups is 1. The lowest BCUT2D eigenvalue weighted by Gasteiger charge is -2.07. The highest BCUT2D eigenvalue weighted by molar-refractivity contribution is 9.10. The third kappa shape index (κ3) is 3.31. The van der Waals surface area contributed by atoms with Gasteiger partial charge in [0.15, 0.2) is 0 Å². The van der Waals surface area contributed by atoms with Crippen molar-refractivity contribution in [3.05, 3.63) is 56.6 Å². The van der Waals surface area contributed by atoms with Crippen LogP contribution in [0.4, 0.5) is 10.1 Å². The Bertz CT molecular complexity index is 720. The highest BCUT2D eigenvalue weighted by Crippen LogP contribution is 2.35.